The minimum atomic E-state index is -0.463. The molecule has 1 aliphatic heterocycles. The summed E-state index contributed by atoms with van der Waals surface area (Å²) in [5.74, 6) is 1.37. The fourth-order valence-electron chi connectivity index (χ4n) is 7.09. The molecule has 5 heteroatoms. The Morgan fingerprint density at radius 2 is 1.25 bits per heavy atom. The second-order valence-electron chi connectivity index (χ2n) is 12.2. The predicted octanol–water partition coefficient (Wildman–Crippen LogP) is 10.8. The topological polar surface area (TPSA) is 63.0 Å². The van der Waals surface area contributed by atoms with Crippen molar-refractivity contribution in [3.63, 3.8) is 0 Å². The molecule has 9 aromatic rings. The van der Waals surface area contributed by atoms with Gasteiger partial charge in [-0.05, 0) is 52.2 Å². The van der Waals surface area contributed by atoms with Crippen LogP contribution in [-0.4, -0.2) is 11.7 Å². The summed E-state index contributed by atoms with van der Waals surface area (Å²) >= 11 is 0. The van der Waals surface area contributed by atoms with Crippen molar-refractivity contribution >= 4 is 66.3 Å². The molecular formula is C43H27N3O2. The van der Waals surface area contributed by atoms with E-state index < -0.39 is 6.17 Å². The summed E-state index contributed by atoms with van der Waals surface area (Å²) < 4.78 is 12.9. The summed E-state index contributed by atoms with van der Waals surface area (Å²) in [5.41, 5.74) is 8.27. The molecule has 48 heavy (non-hydrogen) atoms. The predicted molar refractivity (Wildman–Crippen MR) is 196 cm³/mol. The first-order chi connectivity index (χ1) is 23.8. The first-order valence-corrected chi connectivity index (χ1v) is 16.1. The number of hydrogen-bond donors (Lipinski definition) is 1. The molecule has 5 nitrogen and oxygen atoms in total. The van der Waals surface area contributed by atoms with Crippen LogP contribution < -0.4 is 5.32 Å². The zero-order chi connectivity index (χ0) is 31.6. The van der Waals surface area contributed by atoms with E-state index in [2.05, 4.69) is 108 Å². The number of fused-ring (bicyclic) bond motifs is 7. The molecular weight excluding hydrogens is 590 g/mol. The van der Waals surface area contributed by atoms with Crippen molar-refractivity contribution in [3.05, 3.63) is 168 Å². The van der Waals surface area contributed by atoms with E-state index in [0.29, 0.717) is 5.84 Å². The van der Waals surface area contributed by atoms with Gasteiger partial charge in [-0.25, -0.2) is 9.98 Å². The van der Waals surface area contributed by atoms with E-state index in [0.717, 1.165) is 77.5 Å². The molecule has 1 unspecified atom stereocenters. The van der Waals surface area contributed by atoms with Crippen LogP contribution >= 0.6 is 0 Å². The third-order valence-corrected chi connectivity index (χ3v) is 9.35. The highest BCUT2D eigenvalue weighted by Crippen LogP contribution is 2.40. The van der Waals surface area contributed by atoms with Crippen LogP contribution in [0.15, 0.2) is 170 Å². The highest BCUT2D eigenvalue weighted by Gasteiger charge is 2.28. The Labute approximate surface area is 275 Å². The molecule has 1 N–H and O–H groups in total. The van der Waals surface area contributed by atoms with Gasteiger partial charge >= 0.3 is 0 Å². The van der Waals surface area contributed by atoms with Crippen molar-refractivity contribution in [2.75, 3.05) is 0 Å². The Morgan fingerprint density at radius 1 is 0.521 bits per heavy atom. The molecule has 0 amide bonds. The van der Waals surface area contributed by atoms with Crippen LogP contribution in [0.5, 0.6) is 0 Å². The number of rotatable bonds is 4. The maximum atomic E-state index is 6.50. The summed E-state index contributed by atoms with van der Waals surface area (Å²) in [6, 6.07) is 52.1. The van der Waals surface area contributed by atoms with Gasteiger partial charge < -0.3 is 14.2 Å². The minimum absolute atomic E-state index is 0.463. The van der Waals surface area contributed by atoms with Crippen LogP contribution in [0.4, 0.5) is 0 Å². The average Bonchev–Trinajstić information content (AvgIpc) is 3.73. The molecule has 0 spiro atoms. The fraction of sp³-hybridized carbons (Fsp3) is 0.0233. The second kappa shape index (κ2) is 10.5. The van der Waals surface area contributed by atoms with Gasteiger partial charge in [-0.3, -0.25) is 0 Å². The number of para-hydroxylation sites is 3. The lowest BCUT2D eigenvalue weighted by atomic mass is 9.92. The van der Waals surface area contributed by atoms with Crippen LogP contribution in [0.3, 0.4) is 0 Å². The Bertz CT molecular complexity index is 2770. The molecule has 0 fully saturated rings. The van der Waals surface area contributed by atoms with E-state index in [1.54, 1.807) is 0 Å². The van der Waals surface area contributed by atoms with Gasteiger partial charge in [0.15, 0.2) is 12.0 Å². The zero-order valence-electron chi connectivity index (χ0n) is 25.7. The third-order valence-electron chi connectivity index (χ3n) is 9.35. The van der Waals surface area contributed by atoms with Gasteiger partial charge in [0, 0.05) is 38.2 Å². The summed E-state index contributed by atoms with van der Waals surface area (Å²) in [6.07, 6.45) is -0.463. The zero-order valence-corrected chi connectivity index (χ0v) is 25.7. The Kier molecular flexibility index (Phi) is 5.87. The number of benzene rings is 7. The number of nitrogens with one attached hydrogen (secondary N) is 1. The monoisotopic (exact) mass is 617 g/mol. The van der Waals surface area contributed by atoms with Crippen molar-refractivity contribution in [3.8, 4) is 11.1 Å². The van der Waals surface area contributed by atoms with Gasteiger partial charge in [0.05, 0.1) is 0 Å². The molecule has 7 aromatic carbocycles. The lowest BCUT2D eigenvalue weighted by Crippen LogP contribution is -2.33. The maximum Gasteiger partial charge on any atom is 0.160 e. The summed E-state index contributed by atoms with van der Waals surface area (Å²) in [5, 5.41) is 10.2. The molecule has 0 saturated heterocycles. The third kappa shape index (κ3) is 4.18. The van der Waals surface area contributed by atoms with E-state index in [4.69, 9.17) is 18.8 Å². The highest BCUT2D eigenvalue weighted by atomic mass is 16.3. The first kappa shape index (κ1) is 26.7. The van der Waals surface area contributed by atoms with Crippen LogP contribution in [0.2, 0.25) is 0 Å². The number of nitrogens with zero attached hydrogens (tertiary/aromatic N) is 2. The van der Waals surface area contributed by atoms with Crippen molar-refractivity contribution in [1.82, 2.24) is 5.32 Å². The van der Waals surface area contributed by atoms with E-state index in [1.807, 2.05) is 48.5 Å². The standard InChI is InChI=1S/C43H27N3O2/c1-2-12-27(13-3-1)41-44-42(34-18-10-17-32-31-15-6-8-19-35(31)48-40(32)34)46-43(45-41)39-30(29-22-21-26-11-4-5-14-28(26)25-29)23-24-37-38(39)33-16-7-9-20-36(33)47-37/h1-25,42H,(H,44,45,46). The molecule has 0 bridgehead atoms. The minimum Gasteiger partial charge on any atom is -0.456 e. The van der Waals surface area contributed by atoms with E-state index >= 15 is 0 Å². The van der Waals surface area contributed by atoms with Gasteiger partial charge in [-0.2, -0.15) is 0 Å². The van der Waals surface area contributed by atoms with E-state index in [9.17, 15) is 0 Å². The van der Waals surface area contributed by atoms with Gasteiger partial charge in [0.2, 0.25) is 0 Å². The lowest BCUT2D eigenvalue weighted by molar-refractivity contribution is 0.628. The average molecular weight is 618 g/mol. The summed E-state index contributed by atoms with van der Waals surface area (Å²) in [6.45, 7) is 0. The number of hydrogen-bond acceptors (Lipinski definition) is 5. The van der Waals surface area contributed by atoms with E-state index in [1.165, 1.54) is 10.8 Å². The Hall–Kier alpha value is -6.46. The molecule has 1 atom stereocenters. The second-order valence-corrected chi connectivity index (χ2v) is 12.2. The molecule has 0 radical (unpaired) electrons. The summed E-state index contributed by atoms with van der Waals surface area (Å²) in [7, 11) is 0. The molecule has 226 valence electrons. The van der Waals surface area contributed by atoms with Crippen molar-refractivity contribution < 1.29 is 8.83 Å². The number of furan rings is 2. The smallest absolute Gasteiger partial charge is 0.160 e. The maximum absolute atomic E-state index is 6.50. The highest BCUT2D eigenvalue weighted by molar-refractivity contribution is 6.25. The van der Waals surface area contributed by atoms with Gasteiger partial charge in [0.1, 0.15) is 28.2 Å². The fourth-order valence-corrected chi connectivity index (χ4v) is 7.09. The van der Waals surface area contributed by atoms with Crippen LogP contribution in [-0.2, 0) is 0 Å². The van der Waals surface area contributed by atoms with Crippen LogP contribution in [0, 0.1) is 0 Å². The van der Waals surface area contributed by atoms with Gasteiger partial charge in [0.25, 0.3) is 0 Å². The first-order valence-electron chi connectivity index (χ1n) is 16.1. The number of amidine groups is 2. The lowest BCUT2D eigenvalue weighted by Gasteiger charge is -2.25. The number of aliphatic imine (C=N–C) groups is 2. The molecule has 0 aliphatic carbocycles. The van der Waals surface area contributed by atoms with Crippen LogP contribution in [0.1, 0.15) is 22.9 Å². The molecule has 3 heterocycles. The summed E-state index contributed by atoms with van der Waals surface area (Å²) in [4.78, 5) is 10.7. The van der Waals surface area contributed by atoms with Gasteiger partial charge in [-0.1, -0.05) is 121 Å². The quantitative estimate of drug-likeness (QED) is 0.214. The van der Waals surface area contributed by atoms with Crippen molar-refractivity contribution in [2.45, 2.75) is 6.17 Å². The Morgan fingerprint density at radius 3 is 2.12 bits per heavy atom. The normalized spacial score (nSPS) is 14.9. The molecule has 0 saturated carbocycles. The molecule has 1 aliphatic rings. The van der Waals surface area contributed by atoms with Gasteiger partial charge in [-0.15, -0.1) is 0 Å². The molecule has 10 rings (SSSR count). The van der Waals surface area contributed by atoms with E-state index in [-0.39, 0.29) is 0 Å². The Balaban J connectivity index is 1.27. The van der Waals surface area contributed by atoms with Crippen molar-refractivity contribution in [2.24, 2.45) is 9.98 Å². The SMILES string of the molecule is c1ccc(C2=NC(c3c(-c4ccc5ccccc5c4)ccc4oc5ccccc5c34)=NC(c3cccc4c3oc3ccccc34)N2)cc1. The molecule has 2 aromatic heterocycles. The largest absolute Gasteiger partial charge is 0.456 e. The van der Waals surface area contributed by atoms with Crippen molar-refractivity contribution in [1.29, 1.82) is 0 Å². The van der Waals surface area contributed by atoms with Crippen LogP contribution in [0.25, 0.3) is 65.8 Å².